The van der Waals surface area contributed by atoms with Crippen LogP contribution in [-0.2, 0) is 0 Å². The smallest absolute Gasteiger partial charge is 0.0240 e. The highest BCUT2D eigenvalue weighted by atomic mass is 79.9. The van der Waals surface area contributed by atoms with Crippen LogP contribution < -0.4 is 0 Å². The molecule has 1 heteroatoms. The largest absolute Gasteiger partial charge is 0.106 e. The molecule has 2 atom stereocenters. The van der Waals surface area contributed by atoms with Crippen molar-refractivity contribution >= 4 is 15.9 Å². The van der Waals surface area contributed by atoms with E-state index in [9.17, 15) is 0 Å². The molecule has 0 radical (unpaired) electrons. The SMILES string of the molecule is CC#CC(C)C(C)c1ccc(Br)c(C)c1. The first kappa shape index (κ1) is 12.3. The van der Waals surface area contributed by atoms with Gasteiger partial charge < -0.3 is 0 Å². The Morgan fingerprint density at radius 3 is 2.47 bits per heavy atom. The summed E-state index contributed by atoms with van der Waals surface area (Å²) in [6.45, 7) is 8.43. The highest BCUT2D eigenvalue weighted by molar-refractivity contribution is 9.10. The quantitative estimate of drug-likeness (QED) is 0.689. The molecule has 0 aliphatic carbocycles. The Kier molecular flexibility index (Phi) is 4.42. The van der Waals surface area contributed by atoms with E-state index in [0.717, 1.165) is 0 Å². The summed E-state index contributed by atoms with van der Waals surface area (Å²) in [5, 5.41) is 0. The van der Waals surface area contributed by atoms with Crippen LogP contribution in [0.3, 0.4) is 0 Å². The van der Waals surface area contributed by atoms with Crippen molar-refractivity contribution in [3.05, 3.63) is 33.8 Å². The molecular weight excluding hydrogens is 248 g/mol. The fourth-order valence-corrected chi connectivity index (χ4v) is 1.84. The summed E-state index contributed by atoms with van der Waals surface area (Å²) in [4.78, 5) is 0. The third kappa shape index (κ3) is 3.11. The van der Waals surface area contributed by atoms with Gasteiger partial charge in [-0.15, -0.1) is 5.92 Å². The fourth-order valence-electron chi connectivity index (χ4n) is 1.59. The van der Waals surface area contributed by atoms with Gasteiger partial charge in [0.1, 0.15) is 0 Å². The maximum absolute atomic E-state index is 3.52. The number of benzene rings is 1. The van der Waals surface area contributed by atoms with Gasteiger partial charge >= 0.3 is 0 Å². The molecular formula is C14H17Br. The molecule has 15 heavy (non-hydrogen) atoms. The van der Waals surface area contributed by atoms with Crippen molar-refractivity contribution in [1.29, 1.82) is 0 Å². The highest BCUT2D eigenvalue weighted by Gasteiger charge is 2.12. The van der Waals surface area contributed by atoms with Crippen molar-refractivity contribution in [2.45, 2.75) is 33.6 Å². The number of hydrogen-bond donors (Lipinski definition) is 0. The van der Waals surface area contributed by atoms with E-state index in [1.165, 1.54) is 15.6 Å². The lowest BCUT2D eigenvalue weighted by atomic mass is 9.89. The third-order valence-corrected chi connectivity index (χ3v) is 3.72. The van der Waals surface area contributed by atoms with Crippen LogP contribution in [0.15, 0.2) is 22.7 Å². The first-order valence-corrected chi connectivity index (χ1v) is 6.04. The molecule has 0 spiro atoms. The Bertz CT molecular complexity index is 396. The maximum atomic E-state index is 3.52. The first-order chi connectivity index (χ1) is 7.06. The monoisotopic (exact) mass is 264 g/mol. The van der Waals surface area contributed by atoms with Crippen LogP contribution in [0.4, 0.5) is 0 Å². The molecule has 2 unspecified atom stereocenters. The molecule has 0 saturated carbocycles. The number of halogens is 1. The molecule has 0 N–H and O–H groups in total. The van der Waals surface area contributed by atoms with Crippen LogP contribution in [0, 0.1) is 24.7 Å². The predicted molar refractivity (Wildman–Crippen MR) is 69.9 cm³/mol. The normalized spacial score (nSPS) is 13.9. The topological polar surface area (TPSA) is 0 Å². The molecule has 1 aromatic rings. The summed E-state index contributed by atoms with van der Waals surface area (Å²) in [6, 6.07) is 6.53. The zero-order valence-corrected chi connectivity index (χ0v) is 11.4. The average molecular weight is 265 g/mol. The molecule has 1 aromatic carbocycles. The predicted octanol–water partition coefficient (Wildman–Crippen LogP) is 4.52. The Morgan fingerprint density at radius 2 is 1.93 bits per heavy atom. The van der Waals surface area contributed by atoms with E-state index in [-0.39, 0.29) is 0 Å². The van der Waals surface area contributed by atoms with Crippen molar-refractivity contribution in [3.8, 4) is 11.8 Å². The number of hydrogen-bond acceptors (Lipinski definition) is 0. The first-order valence-electron chi connectivity index (χ1n) is 5.24. The van der Waals surface area contributed by atoms with Crippen molar-refractivity contribution in [2.75, 3.05) is 0 Å². The van der Waals surface area contributed by atoms with Gasteiger partial charge in [-0.2, -0.15) is 0 Å². The van der Waals surface area contributed by atoms with Crippen molar-refractivity contribution in [1.82, 2.24) is 0 Å². The van der Waals surface area contributed by atoms with E-state index in [2.05, 4.69) is 66.7 Å². The molecule has 80 valence electrons. The van der Waals surface area contributed by atoms with Crippen LogP contribution in [0.25, 0.3) is 0 Å². The second-order valence-corrected chi connectivity index (χ2v) is 4.83. The lowest BCUT2D eigenvalue weighted by molar-refractivity contribution is 0.609. The van der Waals surface area contributed by atoms with Gasteiger partial charge in [0.05, 0.1) is 0 Å². The minimum absolute atomic E-state index is 0.413. The van der Waals surface area contributed by atoms with Crippen LogP contribution in [-0.4, -0.2) is 0 Å². The van der Waals surface area contributed by atoms with Crippen LogP contribution in [0.5, 0.6) is 0 Å². The Morgan fingerprint density at radius 1 is 1.27 bits per heavy atom. The molecule has 0 amide bonds. The summed E-state index contributed by atoms with van der Waals surface area (Å²) in [5.41, 5.74) is 2.65. The van der Waals surface area contributed by atoms with Gasteiger partial charge in [0.2, 0.25) is 0 Å². The molecule has 1 rings (SSSR count). The van der Waals surface area contributed by atoms with Gasteiger partial charge in [0.15, 0.2) is 0 Å². The number of aryl methyl sites for hydroxylation is 1. The van der Waals surface area contributed by atoms with Gasteiger partial charge in [-0.1, -0.05) is 47.8 Å². The zero-order chi connectivity index (χ0) is 11.4. The summed E-state index contributed by atoms with van der Waals surface area (Å²) in [6.07, 6.45) is 0. The van der Waals surface area contributed by atoms with E-state index in [0.29, 0.717) is 11.8 Å². The molecule has 0 bridgehead atoms. The van der Waals surface area contributed by atoms with E-state index in [1.807, 2.05) is 6.92 Å². The molecule has 0 aliphatic heterocycles. The lowest BCUT2D eigenvalue weighted by Gasteiger charge is -2.16. The lowest BCUT2D eigenvalue weighted by Crippen LogP contribution is -2.04. The molecule has 0 heterocycles. The maximum Gasteiger partial charge on any atom is 0.0240 e. The highest BCUT2D eigenvalue weighted by Crippen LogP contribution is 2.27. The van der Waals surface area contributed by atoms with Gasteiger partial charge in [0.25, 0.3) is 0 Å². The van der Waals surface area contributed by atoms with Gasteiger partial charge in [-0.3, -0.25) is 0 Å². The Balaban J connectivity index is 2.94. The summed E-state index contributed by atoms with van der Waals surface area (Å²) in [7, 11) is 0. The van der Waals surface area contributed by atoms with Crippen molar-refractivity contribution < 1.29 is 0 Å². The van der Waals surface area contributed by atoms with Gasteiger partial charge in [0, 0.05) is 10.4 Å². The molecule has 0 aromatic heterocycles. The molecule has 0 nitrogen and oxygen atoms in total. The van der Waals surface area contributed by atoms with E-state index >= 15 is 0 Å². The second-order valence-electron chi connectivity index (χ2n) is 3.98. The summed E-state index contributed by atoms with van der Waals surface area (Å²) in [5.74, 6) is 7.10. The Labute approximate surface area is 101 Å². The minimum atomic E-state index is 0.413. The van der Waals surface area contributed by atoms with Crippen LogP contribution >= 0.6 is 15.9 Å². The number of rotatable bonds is 2. The van der Waals surface area contributed by atoms with E-state index in [4.69, 9.17) is 0 Å². The van der Waals surface area contributed by atoms with Crippen LogP contribution in [0.2, 0.25) is 0 Å². The van der Waals surface area contributed by atoms with E-state index < -0.39 is 0 Å². The summed E-state index contributed by atoms with van der Waals surface area (Å²) < 4.78 is 1.17. The van der Waals surface area contributed by atoms with Crippen molar-refractivity contribution in [3.63, 3.8) is 0 Å². The van der Waals surface area contributed by atoms with E-state index in [1.54, 1.807) is 0 Å². The van der Waals surface area contributed by atoms with Crippen molar-refractivity contribution in [2.24, 2.45) is 5.92 Å². The zero-order valence-electron chi connectivity index (χ0n) is 9.76. The average Bonchev–Trinajstić information content (AvgIpc) is 2.21. The summed E-state index contributed by atoms with van der Waals surface area (Å²) >= 11 is 3.52. The third-order valence-electron chi connectivity index (χ3n) is 2.83. The minimum Gasteiger partial charge on any atom is -0.106 e. The standard InChI is InChI=1S/C14H17Br/c1-5-6-10(2)12(4)13-7-8-14(15)11(3)9-13/h7-10,12H,1-4H3. The molecule has 0 saturated heterocycles. The fraction of sp³-hybridized carbons (Fsp3) is 0.429. The molecule has 0 aliphatic rings. The Hall–Kier alpha value is -0.740. The molecule has 0 fully saturated rings. The van der Waals surface area contributed by atoms with Gasteiger partial charge in [-0.25, -0.2) is 0 Å². The second kappa shape index (κ2) is 5.37. The van der Waals surface area contributed by atoms with Crippen LogP contribution in [0.1, 0.15) is 37.8 Å². The van der Waals surface area contributed by atoms with Gasteiger partial charge in [-0.05, 0) is 37.0 Å².